The number of rotatable bonds is 7. The number of hydrogen-bond donors (Lipinski definition) is 2. The van der Waals surface area contributed by atoms with E-state index in [0.717, 1.165) is 18.5 Å². The van der Waals surface area contributed by atoms with Crippen molar-refractivity contribution in [3.05, 3.63) is 29.8 Å². The van der Waals surface area contributed by atoms with Crippen molar-refractivity contribution in [1.82, 2.24) is 10.0 Å². The SMILES string of the molecule is CCCNCc1cccc(S(=O)(=O)NC(C)C)c1. The summed E-state index contributed by atoms with van der Waals surface area (Å²) in [4.78, 5) is 0.326. The fraction of sp³-hybridized carbons (Fsp3) is 0.538. The average Bonchev–Trinajstić information content (AvgIpc) is 2.28. The predicted molar refractivity (Wildman–Crippen MR) is 73.9 cm³/mol. The molecule has 0 aliphatic carbocycles. The van der Waals surface area contributed by atoms with Gasteiger partial charge in [0.05, 0.1) is 4.90 Å². The van der Waals surface area contributed by atoms with Crippen molar-refractivity contribution in [2.45, 2.75) is 44.7 Å². The predicted octanol–water partition coefficient (Wildman–Crippen LogP) is 1.87. The van der Waals surface area contributed by atoms with Crippen LogP contribution in [0.2, 0.25) is 0 Å². The van der Waals surface area contributed by atoms with Crippen LogP contribution in [0.25, 0.3) is 0 Å². The summed E-state index contributed by atoms with van der Waals surface area (Å²) < 4.78 is 26.6. The summed E-state index contributed by atoms with van der Waals surface area (Å²) in [7, 11) is -3.39. The van der Waals surface area contributed by atoms with E-state index < -0.39 is 10.0 Å². The zero-order valence-corrected chi connectivity index (χ0v) is 12.0. The third-order valence-corrected chi connectivity index (χ3v) is 4.01. The summed E-state index contributed by atoms with van der Waals surface area (Å²) in [5.74, 6) is 0. The van der Waals surface area contributed by atoms with Gasteiger partial charge in [-0.3, -0.25) is 0 Å². The molecule has 0 atom stereocenters. The molecule has 102 valence electrons. The van der Waals surface area contributed by atoms with E-state index in [1.807, 2.05) is 19.9 Å². The second kappa shape index (κ2) is 6.87. The van der Waals surface area contributed by atoms with Crippen LogP contribution in [-0.2, 0) is 16.6 Å². The third-order valence-electron chi connectivity index (χ3n) is 2.36. The molecule has 0 unspecified atom stereocenters. The Kier molecular flexibility index (Phi) is 5.78. The van der Waals surface area contributed by atoms with Gasteiger partial charge in [0.2, 0.25) is 10.0 Å². The Hall–Kier alpha value is -0.910. The maximum absolute atomic E-state index is 12.0. The lowest BCUT2D eigenvalue weighted by atomic mass is 10.2. The van der Waals surface area contributed by atoms with Gasteiger partial charge in [0.25, 0.3) is 0 Å². The van der Waals surface area contributed by atoms with Crippen LogP contribution >= 0.6 is 0 Å². The first-order valence-corrected chi connectivity index (χ1v) is 7.76. The van der Waals surface area contributed by atoms with Gasteiger partial charge < -0.3 is 5.32 Å². The number of benzene rings is 1. The lowest BCUT2D eigenvalue weighted by Gasteiger charge is -2.11. The topological polar surface area (TPSA) is 58.2 Å². The Morgan fingerprint density at radius 3 is 2.61 bits per heavy atom. The van der Waals surface area contributed by atoms with E-state index in [2.05, 4.69) is 17.0 Å². The number of hydrogen-bond acceptors (Lipinski definition) is 3. The third kappa shape index (κ3) is 4.76. The number of sulfonamides is 1. The van der Waals surface area contributed by atoms with Gasteiger partial charge >= 0.3 is 0 Å². The first-order valence-electron chi connectivity index (χ1n) is 6.27. The summed E-state index contributed by atoms with van der Waals surface area (Å²) in [5, 5.41) is 3.26. The molecular weight excluding hydrogens is 248 g/mol. The van der Waals surface area contributed by atoms with E-state index in [0.29, 0.717) is 11.4 Å². The van der Waals surface area contributed by atoms with Crippen LogP contribution < -0.4 is 10.0 Å². The standard InChI is InChI=1S/C13H22N2O2S/c1-4-8-14-10-12-6-5-7-13(9-12)18(16,17)15-11(2)3/h5-7,9,11,14-15H,4,8,10H2,1-3H3. The molecule has 4 nitrogen and oxygen atoms in total. The fourth-order valence-corrected chi connectivity index (χ4v) is 2.93. The van der Waals surface area contributed by atoms with Crippen LogP contribution in [0.4, 0.5) is 0 Å². The molecule has 0 fully saturated rings. The van der Waals surface area contributed by atoms with Crippen molar-refractivity contribution < 1.29 is 8.42 Å². The molecule has 2 N–H and O–H groups in total. The summed E-state index contributed by atoms with van der Waals surface area (Å²) in [6.07, 6.45) is 1.06. The molecule has 1 rings (SSSR count). The highest BCUT2D eigenvalue weighted by molar-refractivity contribution is 7.89. The molecule has 0 saturated carbocycles. The molecule has 0 aliphatic rings. The van der Waals surface area contributed by atoms with E-state index >= 15 is 0 Å². The lowest BCUT2D eigenvalue weighted by molar-refractivity contribution is 0.569. The monoisotopic (exact) mass is 270 g/mol. The van der Waals surface area contributed by atoms with Gasteiger partial charge in [0.15, 0.2) is 0 Å². The van der Waals surface area contributed by atoms with Gasteiger partial charge in [0.1, 0.15) is 0 Å². The van der Waals surface area contributed by atoms with Crippen LogP contribution in [0.5, 0.6) is 0 Å². The Balaban J connectivity index is 2.81. The van der Waals surface area contributed by atoms with E-state index in [1.165, 1.54) is 0 Å². The smallest absolute Gasteiger partial charge is 0.240 e. The van der Waals surface area contributed by atoms with Gasteiger partial charge in [0, 0.05) is 12.6 Å². The molecule has 0 heterocycles. The highest BCUT2D eigenvalue weighted by Gasteiger charge is 2.15. The first-order chi connectivity index (χ1) is 8.45. The molecule has 0 bridgehead atoms. The van der Waals surface area contributed by atoms with Crippen molar-refractivity contribution in [3.63, 3.8) is 0 Å². The molecule has 0 aromatic heterocycles. The Labute approximate surface area is 110 Å². The zero-order valence-electron chi connectivity index (χ0n) is 11.2. The van der Waals surface area contributed by atoms with E-state index in [-0.39, 0.29) is 6.04 Å². The minimum atomic E-state index is -3.39. The highest BCUT2D eigenvalue weighted by atomic mass is 32.2. The first kappa shape index (κ1) is 15.1. The Morgan fingerprint density at radius 1 is 1.28 bits per heavy atom. The second-order valence-corrected chi connectivity index (χ2v) is 6.31. The average molecular weight is 270 g/mol. The van der Waals surface area contributed by atoms with Crippen molar-refractivity contribution in [3.8, 4) is 0 Å². The molecule has 0 radical (unpaired) electrons. The van der Waals surface area contributed by atoms with E-state index in [9.17, 15) is 8.42 Å². The molecule has 0 amide bonds. The van der Waals surface area contributed by atoms with Crippen LogP contribution in [0, 0.1) is 0 Å². The zero-order chi connectivity index (χ0) is 13.6. The lowest BCUT2D eigenvalue weighted by Crippen LogP contribution is -2.30. The maximum atomic E-state index is 12.0. The molecule has 0 spiro atoms. The molecular formula is C13H22N2O2S. The normalized spacial score (nSPS) is 12.0. The second-order valence-electron chi connectivity index (χ2n) is 4.60. The summed E-state index contributed by atoms with van der Waals surface area (Å²) in [5.41, 5.74) is 0.982. The van der Waals surface area contributed by atoms with Gasteiger partial charge in [-0.25, -0.2) is 13.1 Å². The van der Waals surface area contributed by atoms with Crippen LogP contribution in [-0.4, -0.2) is 21.0 Å². The van der Waals surface area contributed by atoms with Crippen molar-refractivity contribution in [1.29, 1.82) is 0 Å². The molecule has 1 aromatic rings. The van der Waals surface area contributed by atoms with Gasteiger partial charge in [-0.2, -0.15) is 0 Å². The quantitative estimate of drug-likeness (QED) is 0.744. The van der Waals surface area contributed by atoms with Gasteiger partial charge in [-0.15, -0.1) is 0 Å². The van der Waals surface area contributed by atoms with Gasteiger partial charge in [-0.05, 0) is 44.5 Å². The molecule has 0 saturated heterocycles. The number of nitrogens with one attached hydrogen (secondary N) is 2. The highest BCUT2D eigenvalue weighted by Crippen LogP contribution is 2.12. The summed E-state index contributed by atoms with van der Waals surface area (Å²) in [6.45, 7) is 7.34. The summed E-state index contributed by atoms with van der Waals surface area (Å²) >= 11 is 0. The molecule has 1 aromatic carbocycles. The Morgan fingerprint density at radius 2 is 2.00 bits per heavy atom. The summed E-state index contributed by atoms with van der Waals surface area (Å²) in [6, 6.07) is 6.94. The molecule has 18 heavy (non-hydrogen) atoms. The van der Waals surface area contributed by atoms with Crippen LogP contribution in [0.1, 0.15) is 32.8 Å². The molecule has 0 aliphatic heterocycles. The molecule has 5 heteroatoms. The van der Waals surface area contributed by atoms with Crippen molar-refractivity contribution in [2.75, 3.05) is 6.54 Å². The van der Waals surface area contributed by atoms with E-state index in [1.54, 1.807) is 18.2 Å². The van der Waals surface area contributed by atoms with Crippen LogP contribution in [0.15, 0.2) is 29.2 Å². The van der Waals surface area contributed by atoms with Crippen molar-refractivity contribution >= 4 is 10.0 Å². The minimum absolute atomic E-state index is 0.100. The largest absolute Gasteiger partial charge is 0.313 e. The van der Waals surface area contributed by atoms with Crippen LogP contribution in [0.3, 0.4) is 0 Å². The van der Waals surface area contributed by atoms with E-state index in [4.69, 9.17) is 0 Å². The fourth-order valence-electron chi connectivity index (χ4n) is 1.61. The van der Waals surface area contributed by atoms with Gasteiger partial charge in [-0.1, -0.05) is 19.1 Å². The Bertz CT molecular complexity index is 470. The minimum Gasteiger partial charge on any atom is -0.313 e. The van der Waals surface area contributed by atoms with Crippen molar-refractivity contribution in [2.24, 2.45) is 0 Å². The maximum Gasteiger partial charge on any atom is 0.240 e.